The molecule has 0 aromatic heterocycles. The Balaban J connectivity index is 2.07. The number of benzene rings is 1. The van der Waals surface area contributed by atoms with E-state index >= 15 is 0 Å². The quantitative estimate of drug-likeness (QED) is 0.818. The first-order valence-corrected chi connectivity index (χ1v) is 5.46. The second kappa shape index (κ2) is 4.67. The summed E-state index contributed by atoms with van der Waals surface area (Å²) < 4.78 is 13.4. The monoisotopic (exact) mass is 245 g/mol. The zero-order valence-corrected chi connectivity index (χ0v) is 9.36. The molecule has 0 bridgehead atoms. The summed E-state index contributed by atoms with van der Waals surface area (Å²) in [5, 5.41) is 19.2. The Labute approximate surface area is 98.1 Å². The second-order valence-electron chi connectivity index (χ2n) is 4.06. The summed E-state index contributed by atoms with van der Waals surface area (Å²) in [6.07, 6.45) is -1.50. The van der Waals surface area contributed by atoms with Gasteiger partial charge in [0.25, 0.3) is 0 Å². The van der Waals surface area contributed by atoms with Gasteiger partial charge in [0.15, 0.2) is 0 Å². The lowest BCUT2D eigenvalue weighted by Gasteiger charge is -2.15. The van der Waals surface area contributed by atoms with E-state index in [2.05, 4.69) is 0 Å². The molecule has 1 heterocycles. The van der Waals surface area contributed by atoms with Gasteiger partial charge in [-0.2, -0.15) is 0 Å². The molecular formula is C11H13ClFNO2. The molecule has 0 unspecified atom stereocenters. The van der Waals surface area contributed by atoms with Crippen molar-refractivity contribution in [2.75, 3.05) is 13.1 Å². The predicted molar refractivity (Wildman–Crippen MR) is 58.7 cm³/mol. The predicted octanol–water partition coefficient (Wildman–Crippen LogP) is 1.02. The average Bonchev–Trinajstić information content (AvgIpc) is 2.52. The molecule has 1 aliphatic rings. The summed E-state index contributed by atoms with van der Waals surface area (Å²) in [5.74, 6) is -0.319. The number of hydrogen-bond acceptors (Lipinski definition) is 3. The van der Waals surface area contributed by atoms with Crippen LogP contribution >= 0.6 is 11.6 Å². The van der Waals surface area contributed by atoms with Gasteiger partial charge in [0, 0.05) is 30.2 Å². The lowest BCUT2D eigenvalue weighted by atomic mass is 10.2. The first-order valence-electron chi connectivity index (χ1n) is 5.08. The van der Waals surface area contributed by atoms with Crippen LogP contribution in [0.5, 0.6) is 0 Å². The minimum atomic E-state index is -0.748. The summed E-state index contributed by atoms with van der Waals surface area (Å²) >= 11 is 5.78. The number of hydrogen-bond donors (Lipinski definition) is 2. The maximum absolute atomic E-state index is 13.4. The fourth-order valence-electron chi connectivity index (χ4n) is 1.88. The van der Waals surface area contributed by atoms with E-state index in [0.717, 1.165) is 0 Å². The Morgan fingerprint density at radius 3 is 2.56 bits per heavy atom. The molecule has 1 aromatic carbocycles. The van der Waals surface area contributed by atoms with Crippen LogP contribution in [0.4, 0.5) is 4.39 Å². The molecule has 1 aromatic rings. The van der Waals surface area contributed by atoms with Gasteiger partial charge >= 0.3 is 0 Å². The van der Waals surface area contributed by atoms with Crippen molar-refractivity contribution >= 4 is 11.6 Å². The zero-order chi connectivity index (χ0) is 11.7. The van der Waals surface area contributed by atoms with Crippen molar-refractivity contribution in [3.63, 3.8) is 0 Å². The van der Waals surface area contributed by atoms with Gasteiger partial charge in [-0.15, -0.1) is 0 Å². The largest absolute Gasteiger partial charge is 0.389 e. The first-order chi connectivity index (χ1) is 7.56. The minimum Gasteiger partial charge on any atom is -0.389 e. The van der Waals surface area contributed by atoms with Crippen LogP contribution in [-0.2, 0) is 6.54 Å². The van der Waals surface area contributed by atoms with Crippen LogP contribution in [0.25, 0.3) is 0 Å². The van der Waals surface area contributed by atoms with Crippen LogP contribution < -0.4 is 0 Å². The summed E-state index contributed by atoms with van der Waals surface area (Å²) in [6.45, 7) is 1.06. The van der Waals surface area contributed by atoms with Crippen molar-refractivity contribution in [1.82, 2.24) is 4.90 Å². The highest BCUT2D eigenvalue weighted by molar-refractivity contribution is 6.30. The molecule has 0 amide bonds. The lowest BCUT2D eigenvalue weighted by molar-refractivity contribution is 0.0572. The van der Waals surface area contributed by atoms with Crippen LogP contribution in [0.1, 0.15) is 5.56 Å². The van der Waals surface area contributed by atoms with E-state index in [1.807, 2.05) is 0 Å². The van der Waals surface area contributed by atoms with Gasteiger partial charge < -0.3 is 10.2 Å². The maximum Gasteiger partial charge on any atom is 0.127 e. The van der Waals surface area contributed by atoms with Crippen LogP contribution in [0.2, 0.25) is 5.02 Å². The van der Waals surface area contributed by atoms with Crippen LogP contribution in [0.15, 0.2) is 18.2 Å². The first kappa shape index (κ1) is 11.8. The van der Waals surface area contributed by atoms with E-state index in [1.54, 1.807) is 11.0 Å². The van der Waals surface area contributed by atoms with E-state index in [0.29, 0.717) is 30.2 Å². The average molecular weight is 246 g/mol. The second-order valence-corrected chi connectivity index (χ2v) is 4.50. The van der Waals surface area contributed by atoms with E-state index in [4.69, 9.17) is 11.6 Å². The van der Waals surface area contributed by atoms with Crippen molar-refractivity contribution in [1.29, 1.82) is 0 Å². The van der Waals surface area contributed by atoms with Crippen LogP contribution in [0, 0.1) is 5.82 Å². The number of aliphatic hydroxyl groups is 2. The SMILES string of the molecule is O[C@@H]1CN(Cc2cc(Cl)ccc2F)C[C@@H]1O. The zero-order valence-electron chi connectivity index (χ0n) is 8.61. The van der Waals surface area contributed by atoms with E-state index < -0.39 is 12.2 Å². The van der Waals surface area contributed by atoms with Gasteiger partial charge in [0.2, 0.25) is 0 Å². The number of rotatable bonds is 2. The standard InChI is InChI=1S/C11H13ClFNO2/c12-8-1-2-9(13)7(3-8)4-14-5-10(15)11(16)6-14/h1-3,10-11,15-16H,4-6H2/t10-,11+. The summed E-state index contributed by atoms with van der Waals surface area (Å²) in [4.78, 5) is 1.80. The molecule has 2 rings (SSSR count). The number of nitrogens with zero attached hydrogens (tertiary/aromatic N) is 1. The van der Waals surface area contributed by atoms with Gasteiger partial charge in [-0.3, -0.25) is 4.90 Å². The smallest absolute Gasteiger partial charge is 0.127 e. The molecule has 88 valence electrons. The van der Waals surface area contributed by atoms with Gasteiger partial charge in [-0.25, -0.2) is 4.39 Å². The van der Waals surface area contributed by atoms with Crippen LogP contribution in [-0.4, -0.2) is 40.4 Å². The lowest BCUT2D eigenvalue weighted by Crippen LogP contribution is -2.22. The summed E-state index contributed by atoms with van der Waals surface area (Å²) in [6, 6.07) is 4.38. The fraction of sp³-hybridized carbons (Fsp3) is 0.455. The molecule has 2 atom stereocenters. The van der Waals surface area contributed by atoms with E-state index in [9.17, 15) is 14.6 Å². The van der Waals surface area contributed by atoms with Crippen molar-refractivity contribution in [3.05, 3.63) is 34.6 Å². The molecule has 0 spiro atoms. The van der Waals surface area contributed by atoms with E-state index in [-0.39, 0.29) is 5.82 Å². The molecular weight excluding hydrogens is 233 g/mol. The summed E-state index contributed by atoms with van der Waals surface area (Å²) in [5.41, 5.74) is 0.480. The van der Waals surface area contributed by atoms with Crippen molar-refractivity contribution in [2.45, 2.75) is 18.8 Å². The van der Waals surface area contributed by atoms with Gasteiger partial charge in [0.1, 0.15) is 5.82 Å². The highest BCUT2D eigenvalue weighted by Crippen LogP contribution is 2.19. The molecule has 2 N–H and O–H groups in total. The number of aliphatic hydroxyl groups excluding tert-OH is 2. The third-order valence-electron chi connectivity index (χ3n) is 2.74. The highest BCUT2D eigenvalue weighted by Gasteiger charge is 2.29. The molecule has 0 aliphatic carbocycles. The van der Waals surface area contributed by atoms with Crippen molar-refractivity contribution in [3.8, 4) is 0 Å². The van der Waals surface area contributed by atoms with Crippen LogP contribution in [0.3, 0.4) is 0 Å². The number of β-amino-alcohol motifs (C(OH)–C–C–N with tert-alkyl or cyclic N) is 2. The Kier molecular flexibility index (Phi) is 3.44. The fourth-order valence-corrected chi connectivity index (χ4v) is 2.08. The van der Waals surface area contributed by atoms with Gasteiger partial charge in [-0.1, -0.05) is 11.6 Å². The molecule has 16 heavy (non-hydrogen) atoms. The van der Waals surface area contributed by atoms with Gasteiger partial charge in [-0.05, 0) is 18.2 Å². The van der Waals surface area contributed by atoms with Crippen molar-refractivity contribution in [2.24, 2.45) is 0 Å². The van der Waals surface area contributed by atoms with E-state index in [1.165, 1.54) is 12.1 Å². The molecule has 5 heteroatoms. The Morgan fingerprint density at radius 2 is 1.94 bits per heavy atom. The third kappa shape index (κ3) is 2.52. The maximum atomic E-state index is 13.4. The van der Waals surface area contributed by atoms with Crippen molar-refractivity contribution < 1.29 is 14.6 Å². The minimum absolute atomic E-state index is 0.319. The molecule has 3 nitrogen and oxygen atoms in total. The topological polar surface area (TPSA) is 43.7 Å². The molecule has 1 fully saturated rings. The molecule has 0 radical (unpaired) electrons. The Bertz CT molecular complexity index is 378. The number of likely N-dealkylation sites (tertiary alicyclic amines) is 1. The highest BCUT2D eigenvalue weighted by atomic mass is 35.5. The molecule has 1 aliphatic heterocycles. The van der Waals surface area contributed by atoms with Gasteiger partial charge in [0.05, 0.1) is 12.2 Å². The summed E-state index contributed by atoms with van der Waals surface area (Å²) in [7, 11) is 0. The normalized spacial score (nSPS) is 26.2. The Morgan fingerprint density at radius 1 is 1.31 bits per heavy atom. The molecule has 1 saturated heterocycles. The Hall–Kier alpha value is -0.680. The molecule has 0 saturated carbocycles. The third-order valence-corrected chi connectivity index (χ3v) is 2.97. The number of halogens is 2.